The number of carbonyl (C=O) groups excluding carboxylic acids is 1. The van der Waals surface area contributed by atoms with Gasteiger partial charge in [0.2, 0.25) is 0 Å². The molecule has 0 aliphatic carbocycles. The average Bonchev–Trinajstić information content (AvgIpc) is 2.49. The third-order valence-electron chi connectivity index (χ3n) is 2.91. The fraction of sp³-hybridized carbons (Fsp3) is 0.727. The first kappa shape index (κ1) is 26.2. The van der Waals surface area contributed by atoms with Crippen LogP contribution in [0.5, 0.6) is 0 Å². The molecule has 0 aromatic rings. The Balaban J connectivity index is 5.82. The summed E-state index contributed by atoms with van der Waals surface area (Å²) in [6.07, 6.45) is -11.4. The Hall–Kier alpha value is -1.84. The van der Waals surface area contributed by atoms with Gasteiger partial charge in [0.1, 0.15) is 5.57 Å². The fourth-order valence-electron chi connectivity index (χ4n) is 1.22. The van der Waals surface area contributed by atoms with Gasteiger partial charge in [0, 0.05) is 0 Å². The second-order valence-corrected chi connectivity index (χ2v) is 4.90. The van der Waals surface area contributed by atoms with Crippen molar-refractivity contribution in [2.75, 3.05) is 6.61 Å². The molecule has 0 aliphatic rings. The van der Waals surface area contributed by atoms with Gasteiger partial charge in [0.05, 0.1) is 0 Å². The molecule has 0 amide bonds. The third-order valence-corrected chi connectivity index (χ3v) is 2.91. The highest BCUT2D eigenvalue weighted by atomic mass is 19.4. The molecule has 0 saturated carbocycles. The van der Waals surface area contributed by atoms with E-state index >= 15 is 0 Å². The van der Waals surface area contributed by atoms with Crippen molar-refractivity contribution in [2.45, 2.75) is 42.2 Å². The predicted molar refractivity (Wildman–Crippen MR) is 56.9 cm³/mol. The minimum Gasteiger partial charge on any atom is -0.455 e. The molecule has 17 heteroatoms. The minimum absolute atomic E-state index is 1.95. The summed E-state index contributed by atoms with van der Waals surface area (Å²) in [7, 11) is 0. The molecule has 0 N–H and O–H groups in total. The van der Waals surface area contributed by atoms with Gasteiger partial charge in [0.25, 0.3) is 0 Å². The molecule has 166 valence electrons. The Kier molecular flexibility index (Phi) is 6.73. The van der Waals surface area contributed by atoms with Gasteiger partial charge in [-0.25, -0.2) is 13.6 Å². The number of halogens is 15. The van der Waals surface area contributed by atoms with E-state index in [1.165, 1.54) is 0 Å². The molecule has 0 unspecified atom stereocenters. The molecule has 0 heterocycles. The Morgan fingerprint density at radius 3 is 1.46 bits per heavy atom. The van der Waals surface area contributed by atoms with Crippen molar-refractivity contribution in [1.82, 2.24) is 0 Å². The molecule has 0 rings (SSSR count). The summed E-state index contributed by atoms with van der Waals surface area (Å²) in [5, 5.41) is 0. The molecule has 0 aromatic heterocycles. The summed E-state index contributed by atoms with van der Waals surface area (Å²) in [6, 6.07) is 0. The van der Waals surface area contributed by atoms with Crippen molar-refractivity contribution in [3.63, 3.8) is 0 Å². The summed E-state index contributed by atoms with van der Waals surface area (Å²) in [5.41, 5.74) is -2.60. The summed E-state index contributed by atoms with van der Waals surface area (Å²) >= 11 is 0. The van der Waals surface area contributed by atoms with Crippen LogP contribution >= 0.6 is 0 Å². The molecular weight excluding hydrogens is 449 g/mol. The highest BCUT2D eigenvalue weighted by molar-refractivity contribution is 5.89. The van der Waals surface area contributed by atoms with Crippen LogP contribution in [0.1, 0.15) is 0 Å². The monoisotopic (exact) mass is 454 g/mol. The van der Waals surface area contributed by atoms with E-state index in [2.05, 4.69) is 4.74 Å². The highest BCUT2D eigenvalue weighted by Gasteiger charge is 2.87. The molecule has 0 aromatic carbocycles. The van der Waals surface area contributed by atoms with Crippen LogP contribution in [0.25, 0.3) is 0 Å². The summed E-state index contributed by atoms with van der Waals surface area (Å²) < 4.78 is 192. The van der Waals surface area contributed by atoms with E-state index < -0.39 is 60.4 Å². The van der Waals surface area contributed by atoms with Crippen molar-refractivity contribution in [3.8, 4) is 0 Å². The van der Waals surface area contributed by atoms with Gasteiger partial charge in [-0.05, 0) is 0 Å². The molecule has 0 spiro atoms. The number of ether oxygens (including phenoxy) is 1. The van der Waals surface area contributed by atoms with E-state index in [0.29, 0.717) is 0 Å². The second-order valence-electron chi connectivity index (χ2n) is 4.90. The Labute approximate surface area is 143 Å². The normalized spacial score (nSPS) is 15.0. The lowest BCUT2D eigenvalue weighted by Gasteiger charge is -2.38. The number of rotatable bonds is 8. The average molecular weight is 454 g/mol. The van der Waals surface area contributed by atoms with Crippen LogP contribution in [0.2, 0.25) is 0 Å². The zero-order chi connectivity index (χ0) is 23.1. The van der Waals surface area contributed by atoms with Crippen molar-refractivity contribution < 1.29 is 75.4 Å². The van der Waals surface area contributed by atoms with E-state index in [-0.39, 0.29) is 0 Å². The standard InChI is InChI=1S/C11H5F15O2/c1-3(8(18,19)20)4(27)28-2-6(14,15)9(21,22)11(25,26)10(23,24)7(16,17)5(12)13/h5H,1-2H2. The summed E-state index contributed by atoms with van der Waals surface area (Å²) in [4.78, 5) is 10.7. The van der Waals surface area contributed by atoms with Crippen molar-refractivity contribution in [3.05, 3.63) is 12.2 Å². The van der Waals surface area contributed by atoms with Gasteiger partial charge >= 0.3 is 48.2 Å². The van der Waals surface area contributed by atoms with Crippen LogP contribution in [0.15, 0.2) is 12.2 Å². The molecule has 2 nitrogen and oxygen atoms in total. The SMILES string of the molecule is C=C(C(=O)OCC(F)(F)C(F)(F)C(F)(F)C(F)(F)C(F)(F)C(F)F)C(F)(F)F. The lowest BCUT2D eigenvalue weighted by atomic mass is 9.94. The van der Waals surface area contributed by atoms with Crippen LogP contribution in [0.4, 0.5) is 65.9 Å². The molecule has 0 fully saturated rings. The smallest absolute Gasteiger partial charge is 0.422 e. The van der Waals surface area contributed by atoms with Gasteiger partial charge in [0.15, 0.2) is 6.61 Å². The van der Waals surface area contributed by atoms with Crippen LogP contribution in [0.3, 0.4) is 0 Å². The first-order valence-electron chi connectivity index (χ1n) is 6.09. The van der Waals surface area contributed by atoms with Crippen molar-refractivity contribution in [2.24, 2.45) is 0 Å². The van der Waals surface area contributed by atoms with Gasteiger partial charge in [-0.1, -0.05) is 6.58 Å². The molecule has 0 atom stereocenters. The molecular formula is C11H5F15O2. The summed E-state index contributed by atoms with van der Waals surface area (Å²) in [5.74, 6) is -40.1. The van der Waals surface area contributed by atoms with Crippen LogP contribution in [-0.2, 0) is 9.53 Å². The summed E-state index contributed by atoms with van der Waals surface area (Å²) in [6.45, 7) is -1.50. The number of hydrogen-bond acceptors (Lipinski definition) is 2. The van der Waals surface area contributed by atoms with Crippen LogP contribution in [-0.4, -0.2) is 54.8 Å². The number of alkyl halides is 15. The lowest BCUT2D eigenvalue weighted by molar-refractivity contribution is -0.414. The highest BCUT2D eigenvalue weighted by Crippen LogP contribution is 2.58. The Morgan fingerprint density at radius 1 is 0.750 bits per heavy atom. The topological polar surface area (TPSA) is 26.3 Å². The first-order chi connectivity index (χ1) is 12.0. The maximum atomic E-state index is 13.2. The van der Waals surface area contributed by atoms with Crippen LogP contribution in [0, 0.1) is 0 Å². The van der Waals surface area contributed by atoms with E-state index in [1.807, 2.05) is 6.58 Å². The molecule has 0 radical (unpaired) electrons. The Morgan fingerprint density at radius 2 is 1.14 bits per heavy atom. The fourth-order valence-corrected chi connectivity index (χ4v) is 1.22. The largest absolute Gasteiger partial charge is 0.455 e. The zero-order valence-electron chi connectivity index (χ0n) is 12.5. The number of carbonyl (C=O) groups is 1. The van der Waals surface area contributed by atoms with Crippen molar-refractivity contribution in [1.29, 1.82) is 0 Å². The number of hydrogen-bond donors (Lipinski definition) is 0. The quantitative estimate of drug-likeness (QED) is 0.290. The molecule has 0 saturated heterocycles. The maximum absolute atomic E-state index is 13.2. The lowest BCUT2D eigenvalue weighted by Crippen LogP contribution is -2.69. The second kappa shape index (κ2) is 7.20. The maximum Gasteiger partial charge on any atom is 0.422 e. The van der Waals surface area contributed by atoms with Crippen LogP contribution < -0.4 is 0 Å². The molecule has 0 aliphatic heterocycles. The van der Waals surface area contributed by atoms with Gasteiger partial charge < -0.3 is 4.74 Å². The predicted octanol–water partition coefficient (Wildman–Crippen LogP) is 5.09. The zero-order valence-corrected chi connectivity index (χ0v) is 12.5. The Bertz CT molecular complexity index is 604. The van der Waals surface area contributed by atoms with E-state index in [0.717, 1.165) is 0 Å². The van der Waals surface area contributed by atoms with Gasteiger partial charge in [-0.15, -0.1) is 0 Å². The van der Waals surface area contributed by atoms with E-state index in [4.69, 9.17) is 0 Å². The van der Waals surface area contributed by atoms with Gasteiger partial charge in [-0.3, -0.25) is 0 Å². The third kappa shape index (κ3) is 4.11. The van der Waals surface area contributed by atoms with E-state index in [1.54, 1.807) is 0 Å². The van der Waals surface area contributed by atoms with E-state index in [9.17, 15) is 70.7 Å². The molecule has 0 bridgehead atoms. The van der Waals surface area contributed by atoms with Crippen molar-refractivity contribution >= 4 is 5.97 Å². The van der Waals surface area contributed by atoms with Gasteiger partial charge in [-0.2, -0.15) is 57.1 Å². The molecule has 28 heavy (non-hydrogen) atoms. The first-order valence-corrected chi connectivity index (χ1v) is 6.09. The number of esters is 1. The minimum atomic E-state index is -7.88.